The van der Waals surface area contributed by atoms with E-state index in [0.29, 0.717) is 11.1 Å². The number of alkyl carbamates (subject to hydrolysis) is 1. The molecule has 0 aliphatic carbocycles. The summed E-state index contributed by atoms with van der Waals surface area (Å²) in [6, 6.07) is 23.7. The zero-order valence-electron chi connectivity index (χ0n) is 23.8. The van der Waals surface area contributed by atoms with E-state index in [1.54, 1.807) is 51.1 Å². The van der Waals surface area contributed by atoms with Gasteiger partial charge in [0.1, 0.15) is 17.7 Å². The highest BCUT2D eigenvalue weighted by molar-refractivity contribution is 5.92. The Balaban J connectivity index is 1.99. The maximum Gasteiger partial charge on any atom is 0.408 e. The highest BCUT2D eigenvalue weighted by Crippen LogP contribution is 2.24. The lowest BCUT2D eigenvalue weighted by Crippen LogP contribution is -2.53. The lowest BCUT2D eigenvalue weighted by atomic mass is 9.99. The number of rotatable bonds is 11. The first-order valence-electron chi connectivity index (χ1n) is 13.4. The summed E-state index contributed by atoms with van der Waals surface area (Å²) in [5.74, 6) is 1.73. The third-order valence-electron chi connectivity index (χ3n) is 6.14. The van der Waals surface area contributed by atoms with Crippen molar-refractivity contribution in [3.63, 3.8) is 0 Å². The summed E-state index contributed by atoms with van der Waals surface area (Å²) in [6.07, 6.45) is 6.57. The molecule has 0 aliphatic rings. The molecule has 3 aromatic carbocycles. The van der Waals surface area contributed by atoms with Gasteiger partial charge in [-0.25, -0.2) is 4.79 Å². The summed E-state index contributed by atoms with van der Waals surface area (Å²) in [7, 11) is 0. The molecule has 0 saturated heterocycles. The van der Waals surface area contributed by atoms with E-state index < -0.39 is 29.7 Å². The molecule has 0 radical (unpaired) electrons. The van der Waals surface area contributed by atoms with Gasteiger partial charge in [0, 0.05) is 25.1 Å². The fraction of sp³-hybridized carbons (Fsp3) is 0.265. The maximum atomic E-state index is 14.3. The van der Waals surface area contributed by atoms with Gasteiger partial charge < -0.3 is 20.3 Å². The zero-order chi connectivity index (χ0) is 29.8. The van der Waals surface area contributed by atoms with Crippen molar-refractivity contribution < 1.29 is 19.1 Å². The Hall–Kier alpha value is -4.83. The molecule has 0 heterocycles. The predicted molar refractivity (Wildman–Crippen MR) is 161 cm³/mol. The standard InChI is InChI=1S/C34H37N3O4/c1-6-22-37(32(39)29(23-26-14-10-8-11-15-26)36-33(40)41-34(3,4)5)30(28-20-18-25(7-2)19-21-28)31(38)35-24-27-16-12-9-13-17-27/h2,6,8-21,29-30H,1,22-24H2,3-5H3,(H,35,38)(H,36,40). The molecule has 2 atom stereocenters. The number of carbonyl (C=O) groups is 3. The minimum Gasteiger partial charge on any atom is -0.444 e. The van der Waals surface area contributed by atoms with Crippen molar-refractivity contribution in [1.82, 2.24) is 15.5 Å². The van der Waals surface area contributed by atoms with E-state index in [9.17, 15) is 14.4 Å². The van der Waals surface area contributed by atoms with Crippen LogP contribution in [0.3, 0.4) is 0 Å². The number of nitrogens with one attached hydrogen (secondary N) is 2. The molecule has 0 aliphatic heterocycles. The number of terminal acetylenes is 1. The number of ether oxygens (including phenoxy) is 1. The lowest BCUT2D eigenvalue weighted by Gasteiger charge is -2.34. The highest BCUT2D eigenvalue weighted by Gasteiger charge is 2.36. The number of amides is 3. The maximum absolute atomic E-state index is 14.3. The second kappa shape index (κ2) is 14.5. The molecule has 3 rings (SSSR count). The van der Waals surface area contributed by atoms with Crippen molar-refractivity contribution in [2.75, 3.05) is 6.54 Å². The first-order chi connectivity index (χ1) is 19.6. The number of nitrogens with zero attached hydrogens (tertiary/aromatic N) is 1. The van der Waals surface area contributed by atoms with Crippen molar-refractivity contribution >= 4 is 17.9 Å². The third-order valence-corrected chi connectivity index (χ3v) is 6.14. The normalized spacial score (nSPS) is 12.2. The van der Waals surface area contributed by atoms with Gasteiger partial charge >= 0.3 is 6.09 Å². The Morgan fingerprint density at radius 2 is 1.54 bits per heavy atom. The monoisotopic (exact) mass is 551 g/mol. The summed E-state index contributed by atoms with van der Waals surface area (Å²) in [5, 5.41) is 5.70. The Bertz CT molecular complexity index is 1360. The highest BCUT2D eigenvalue weighted by atomic mass is 16.6. The number of hydrogen-bond acceptors (Lipinski definition) is 4. The van der Waals surface area contributed by atoms with Crippen molar-refractivity contribution in [2.24, 2.45) is 0 Å². The Morgan fingerprint density at radius 1 is 0.951 bits per heavy atom. The van der Waals surface area contributed by atoms with E-state index in [0.717, 1.165) is 11.1 Å². The zero-order valence-corrected chi connectivity index (χ0v) is 23.8. The van der Waals surface area contributed by atoms with Crippen LogP contribution in [0.25, 0.3) is 0 Å². The van der Waals surface area contributed by atoms with Gasteiger partial charge in [0.15, 0.2) is 0 Å². The summed E-state index contributed by atoms with van der Waals surface area (Å²) >= 11 is 0. The van der Waals surface area contributed by atoms with Crippen LogP contribution in [0.4, 0.5) is 4.79 Å². The fourth-order valence-electron chi connectivity index (χ4n) is 4.28. The van der Waals surface area contributed by atoms with Crippen LogP contribution in [0.5, 0.6) is 0 Å². The minimum absolute atomic E-state index is 0.0560. The third kappa shape index (κ3) is 9.40. The van der Waals surface area contributed by atoms with Gasteiger partial charge in [-0.3, -0.25) is 9.59 Å². The quantitative estimate of drug-likeness (QED) is 0.254. The second-order valence-corrected chi connectivity index (χ2v) is 10.5. The van der Waals surface area contributed by atoms with Crippen molar-refractivity contribution in [3.8, 4) is 12.3 Å². The summed E-state index contributed by atoms with van der Waals surface area (Å²) < 4.78 is 5.46. The molecule has 7 heteroatoms. The van der Waals surface area contributed by atoms with Gasteiger partial charge in [-0.1, -0.05) is 84.8 Å². The molecule has 212 valence electrons. The molecule has 0 aromatic heterocycles. The predicted octanol–water partition coefficient (Wildman–Crippen LogP) is 5.18. The van der Waals surface area contributed by atoms with Crippen molar-refractivity contribution in [1.29, 1.82) is 0 Å². The first kappa shape index (κ1) is 30.7. The van der Waals surface area contributed by atoms with Gasteiger partial charge in [0.05, 0.1) is 0 Å². The summed E-state index contributed by atoms with van der Waals surface area (Å²) in [5.41, 5.74) is 2.21. The lowest BCUT2D eigenvalue weighted by molar-refractivity contribution is -0.141. The fourth-order valence-corrected chi connectivity index (χ4v) is 4.28. The molecule has 41 heavy (non-hydrogen) atoms. The Labute approximate surface area is 242 Å². The van der Waals surface area contributed by atoms with E-state index in [4.69, 9.17) is 11.2 Å². The molecule has 2 unspecified atom stereocenters. The van der Waals surface area contributed by atoms with E-state index in [1.165, 1.54) is 4.90 Å². The molecule has 0 bridgehead atoms. The van der Waals surface area contributed by atoms with Crippen molar-refractivity contribution in [3.05, 3.63) is 120 Å². The van der Waals surface area contributed by atoms with Gasteiger partial charge in [-0.2, -0.15) is 0 Å². The molecular formula is C34H37N3O4. The van der Waals surface area contributed by atoms with Crippen molar-refractivity contribution in [2.45, 2.75) is 51.4 Å². The number of carbonyl (C=O) groups excluding carboxylic acids is 3. The summed E-state index contributed by atoms with van der Waals surface area (Å²) in [6.45, 7) is 9.40. The minimum atomic E-state index is -1.02. The average molecular weight is 552 g/mol. The Morgan fingerprint density at radius 3 is 2.07 bits per heavy atom. The van der Waals surface area contributed by atoms with Crippen LogP contribution >= 0.6 is 0 Å². The van der Waals surface area contributed by atoms with Crippen LogP contribution in [0, 0.1) is 12.3 Å². The van der Waals surface area contributed by atoms with E-state index in [-0.39, 0.29) is 25.4 Å². The first-order valence-corrected chi connectivity index (χ1v) is 13.4. The van der Waals surface area contributed by atoms with E-state index in [1.807, 2.05) is 60.7 Å². The van der Waals surface area contributed by atoms with Crippen LogP contribution in [0.1, 0.15) is 49.1 Å². The van der Waals surface area contributed by atoms with Crippen LogP contribution < -0.4 is 10.6 Å². The van der Waals surface area contributed by atoms with Crippen LogP contribution in [-0.2, 0) is 27.3 Å². The molecule has 7 nitrogen and oxygen atoms in total. The van der Waals surface area contributed by atoms with E-state index in [2.05, 4.69) is 23.1 Å². The molecular weight excluding hydrogens is 514 g/mol. The molecule has 3 aromatic rings. The molecule has 0 spiro atoms. The van der Waals surface area contributed by atoms with Gasteiger partial charge in [-0.05, 0) is 49.6 Å². The largest absolute Gasteiger partial charge is 0.444 e. The average Bonchev–Trinajstić information content (AvgIpc) is 2.95. The number of benzene rings is 3. The van der Waals surface area contributed by atoms with Crippen LogP contribution in [0.15, 0.2) is 97.6 Å². The molecule has 0 saturated carbocycles. The smallest absolute Gasteiger partial charge is 0.408 e. The second-order valence-electron chi connectivity index (χ2n) is 10.5. The molecule has 2 N–H and O–H groups in total. The van der Waals surface area contributed by atoms with Crippen LogP contribution in [-0.4, -0.2) is 41.0 Å². The Kier molecular flexibility index (Phi) is 10.9. The van der Waals surface area contributed by atoms with Crippen LogP contribution in [0.2, 0.25) is 0 Å². The topological polar surface area (TPSA) is 87.7 Å². The van der Waals surface area contributed by atoms with Gasteiger partial charge in [0.25, 0.3) is 0 Å². The molecule has 3 amide bonds. The van der Waals surface area contributed by atoms with E-state index >= 15 is 0 Å². The number of hydrogen-bond donors (Lipinski definition) is 2. The molecule has 0 fully saturated rings. The summed E-state index contributed by atoms with van der Waals surface area (Å²) in [4.78, 5) is 42.3. The van der Waals surface area contributed by atoms with Gasteiger partial charge in [0.2, 0.25) is 11.8 Å². The van der Waals surface area contributed by atoms with Gasteiger partial charge in [-0.15, -0.1) is 13.0 Å². The SMILES string of the molecule is C#Cc1ccc(C(C(=O)NCc2ccccc2)N(CC=C)C(=O)C(Cc2ccccc2)NC(=O)OC(C)(C)C)cc1.